The molecule has 0 amide bonds. The molecule has 0 aliphatic carbocycles. The van der Waals surface area contributed by atoms with E-state index in [4.69, 9.17) is 4.52 Å². The van der Waals surface area contributed by atoms with Gasteiger partial charge in [-0.05, 0) is 19.4 Å². The molecular weight excluding hydrogens is 330 g/mol. The van der Waals surface area contributed by atoms with E-state index in [0.717, 1.165) is 26.2 Å². The van der Waals surface area contributed by atoms with Crippen molar-refractivity contribution in [1.82, 2.24) is 10.2 Å². The monoisotopic (exact) mass is 355 g/mol. The number of rotatable bonds is 5. The number of carbonyl (C=O) groups is 1. The van der Waals surface area contributed by atoms with Crippen LogP contribution in [0.2, 0.25) is 0 Å². The molecule has 0 aromatic carbocycles. The van der Waals surface area contributed by atoms with Crippen molar-refractivity contribution in [3.05, 3.63) is 6.20 Å². The van der Waals surface area contributed by atoms with Crippen molar-refractivity contribution in [2.75, 3.05) is 44.0 Å². The molecule has 1 aliphatic rings. The molecule has 1 aliphatic heterocycles. The molecule has 0 saturated carbocycles. The number of aromatic nitrogens is 2. The first-order chi connectivity index (χ1) is 11.3. The molecule has 1 aromatic heterocycles. The zero-order valence-electron chi connectivity index (χ0n) is 14.7. The molecule has 8 nitrogen and oxygen atoms in total. The summed E-state index contributed by atoms with van der Waals surface area (Å²) in [5.41, 5.74) is -0.399. The summed E-state index contributed by atoms with van der Waals surface area (Å²) in [6.07, 6.45) is 1.80. The van der Waals surface area contributed by atoms with Gasteiger partial charge in [-0.15, -0.1) is 0 Å². The number of carbonyl (C=O) groups excluding carboxylic acids is 1. The van der Waals surface area contributed by atoms with Gasteiger partial charge in [-0.2, -0.15) is 5.01 Å². The summed E-state index contributed by atoms with van der Waals surface area (Å²) in [4.78, 5) is 19.5. The van der Waals surface area contributed by atoms with Gasteiger partial charge in [-0.3, -0.25) is 9.32 Å². The standard InChI is InChI=1S/C15H25N5O3S/c1-15(2,3)14(22)24-10-5-12(21)16-13-11-20(17-23-13)19-8-6-18(4)7-9-19/h11H,5-10H2,1-4H3. The third kappa shape index (κ3) is 5.48. The van der Waals surface area contributed by atoms with Crippen molar-refractivity contribution < 1.29 is 19.2 Å². The summed E-state index contributed by atoms with van der Waals surface area (Å²) in [6.45, 7) is 9.16. The van der Waals surface area contributed by atoms with Gasteiger partial charge in [0.15, 0.2) is 5.12 Å². The van der Waals surface area contributed by atoms with Crippen LogP contribution in [0.25, 0.3) is 0 Å². The fraction of sp³-hybridized carbons (Fsp3) is 0.733. The van der Waals surface area contributed by atoms with Crippen molar-refractivity contribution in [2.45, 2.75) is 27.2 Å². The Hall–Kier alpha value is -1.61. The van der Waals surface area contributed by atoms with E-state index in [2.05, 4.69) is 22.2 Å². The van der Waals surface area contributed by atoms with Crippen LogP contribution in [0.1, 0.15) is 27.2 Å². The highest BCUT2D eigenvalue weighted by Gasteiger charge is 2.24. The van der Waals surface area contributed by atoms with Crippen molar-refractivity contribution in [3.63, 3.8) is 0 Å². The Morgan fingerprint density at radius 3 is 2.71 bits per heavy atom. The second-order valence-electron chi connectivity index (χ2n) is 6.86. The van der Waals surface area contributed by atoms with E-state index in [9.17, 15) is 9.90 Å². The summed E-state index contributed by atoms with van der Waals surface area (Å²) in [6, 6.07) is 0. The smallest absolute Gasteiger partial charge is 0.324 e. The Balaban J connectivity index is 1.84. The van der Waals surface area contributed by atoms with Crippen molar-refractivity contribution in [3.8, 4) is 0 Å². The van der Waals surface area contributed by atoms with E-state index in [0.29, 0.717) is 5.75 Å². The van der Waals surface area contributed by atoms with E-state index < -0.39 is 5.41 Å². The Morgan fingerprint density at radius 2 is 2.08 bits per heavy atom. The first-order valence-electron chi connectivity index (χ1n) is 8.00. The highest BCUT2D eigenvalue weighted by Crippen LogP contribution is 2.23. The topological polar surface area (TPSA) is 88.9 Å². The van der Waals surface area contributed by atoms with E-state index >= 15 is 0 Å². The summed E-state index contributed by atoms with van der Waals surface area (Å²) in [7, 11) is 2.08. The maximum absolute atomic E-state index is 11.9. The summed E-state index contributed by atoms with van der Waals surface area (Å²) >= 11 is 1.17. The maximum Gasteiger partial charge on any atom is 0.324 e. The van der Waals surface area contributed by atoms with E-state index in [1.807, 2.05) is 25.8 Å². The minimum absolute atomic E-state index is 0.0721. The quantitative estimate of drug-likeness (QED) is 0.415. The largest absolute Gasteiger partial charge is 0.862 e. The molecule has 0 spiro atoms. The Morgan fingerprint density at radius 1 is 1.42 bits per heavy atom. The van der Waals surface area contributed by atoms with Crippen LogP contribution in [0.15, 0.2) is 15.7 Å². The molecule has 0 unspecified atom stereocenters. The number of hydrogen-bond donors (Lipinski definition) is 0. The molecule has 0 bridgehead atoms. The third-order valence-corrected chi connectivity index (χ3v) is 4.89. The minimum Gasteiger partial charge on any atom is -0.862 e. The number of nitrogens with zero attached hydrogens (tertiary/aromatic N) is 5. The van der Waals surface area contributed by atoms with Crippen LogP contribution in [0, 0.1) is 5.41 Å². The lowest BCUT2D eigenvalue weighted by molar-refractivity contribution is -0.759. The second-order valence-corrected chi connectivity index (χ2v) is 7.93. The van der Waals surface area contributed by atoms with Crippen molar-refractivity contribution >= 4 is 28.7 Å². The van der Waals surface area contributed by atoms with Crippen molar-refractivity contribution in [1.29, 1.82) is 0 Å². The third-order valence-electron chi connectivity index (χ3n) is 3.61. The Labute approximate surface area is 146 Å². The van der Waals surface area contributed by atoms with Crippen LogP contribution in [0.3, 0.4) is 0 Å². The summed E-state index contributed by atoms with van der Waals surface area (Å²) < 4.78 is 5.09. The molecule has 2 heterocycles. The predicted octanol–water partition coefficient (Wildman–Crippen LogP) is -0.0682. The normalized spacial score (nSPS) is 17.3. The lowest BCUT2D eigenvalue weighted by Gasteiger charge is -2.26. The number of thioether (sulfide) groups is 1. The lowest BCUT2D eigenvalue weighted by atomic mass is 10.00. The predicted molar refractivity (Wildman–Crippen MR) is 90.8 cm³/mol. The van der Waals surface area contributed by atoms with E-state index in [-0.39, 0.29) is 23.3 Å². The fourth-order valence-corrected chi connectivity index (χ4v) is 2.93. The van der Waals surface area contributed by atoms with Crippen LogP contribution >= 0.6 is 11.8 Å². The molecule has 1 saturated heterocycles. The van der Waals surface area contributed by atoms with Gasteiger partial charge >= 0.3 is 5.88 Å². The van der Waals surface area contributed by atoms with Crippen molar-refractivity contribution in [2.24, 2.45) is 10.4 Å². The average Bonchev–Trinajstić information content (AvgIpc) is 2.95. The molecule has 0 radical (unpaired) electrons. The SMILES string of the molecule is CN1CCN([n+]2cc(N=C([O-])CCSC(=O)C(C)(C)C)on2)CC1. The maximum atomic E-state index is 11.9. The molecule has 9 heteroatoms. The first-order valence-corrected chi connectivity index (χ1v) is 8.98. The number of piperazine rings is 1. The van der Waals surface area contributed by atoms with Crippen LogP contribution in [-0.4, -0.2) is 60.2 Å². The van der Waals surface area contributed by atoms with Gasteiger partial charge in [0.2, 0.25) is 5.27 Å². The van der Waals surface area contributed by atoms with Gasteiger partial charge in [0, 0.05) is 24.3 Å². The van der Waals surface area contributed by atoms with Crippen LogP contribution in [0.4, 0.5) is 5.88 Å². The molecule has 1 fully saturated rings. The Kier molecular flexibility index (Phi) is 6.22. The molecular formula is C15H25N5O3S. The molecule has 0 atom stereocenters. The number of likely N-dealkylation sites (N-methyl/N-ethyl adjacent to an activating group) is 1. The Bertz CT molecular complexity index is 588. The van der Waals surface area contributed by atoms with Gasteiger partial charge in [-0.25, -0.2) is 4.99 Å². The van der Waals surface area contributed by atoms with Crippen LogP contribution in [-0.2, 0) is 4.79 Å². The highest BCUT2D eigenvalue weighted by atomic mass is 32.2. The van der Waals surface area contributed by atoms with Gasteiger partial charge in [0.25, 0.3) is 6.20 Å². The number of aliphatic imine (C=N–C) groups is 1. The summed E-state index contributed by atoms with van der Waals surface area (Å²) in [5, 5.41) is 17.9. The molecule has 1 aromatic rings. The van der Waals surface area contributed by atoms with Gasteiger partial charge in [-0.1, -0.05) is 32.5 Å². The average molecular weight is 355 g/mol. The minimum atomic E-state index is -0.399. The molecule has 134 valence electrons. The van der Waals surface area contributed by atoms with Gasteiger partial charge < -0.3 is 10.0 Å². The molecule has 24 heavy (non-hydrogen) atoms. The lowest BCUT2D eigenvalue weighted by Crippen LogP contribution is -2.64. The zero-order chi connectivity index (χ0) is 17.7. The zero-order valence-corrected chi connectivity index (χ0v) is 15.5. The van der Waals surface area contributed by atoms with Crippen LogP contribution < -0.4 is 14.9 Å². The van der Waals surface area contributed by atoms with E-state index in [1.54, 1.807) is 11.0 Å². The summed E-state index contributed by atoms with van der Waals surface area (Å²) in [5.74, 6) is 0.294. The first kappa shape index (κ1) is 18.7. The van der Waals surface area contributed by atoms with Gasteiger partial charge in [0.1, 0.15) is 0 Å². The van der Waals surface area contributed by atoms with Gasteiger partial charge in [0.05, 0.1) is 17.9 Å². The van der Waals surface area contributed by atoms with Crippen LogP contribution in [0.5, 0.6) is 0 Å². The van der Waals surface area contributed by atoms with E-state index in [1.165, 1.54) is 11.8 Å². The second kappa shape index (κ2) is 7.98. The molecule has 0 N–H and O–H groups in total. The number of hydrogen-bond acceptors (Lipinski definition) is 8. The fourth-order valence-electron chi connectivity index (χ4n) is 2.04. The highest BCUT2D eigenvalue weighted by molar-refractivity contribution is 8.13. The molecule has 2 rings (SSSR count).